The standard InChI is InChI=1S/C15H11ClN2O6/c16-15(19)24-14(11-3-7-13(8-4-11)18(22)23)9-10-1-5-12(6-2-10)17(20)21/h1-8,14H,9H2. The second-order valence-corrected chi connectivity index (χ2v) is 5.13. The largest absolute Gasteiger partial charge is 0.445 e. The topological polar surface area (TPSA) is 113 Å². The van der Waals surface area contributed by atoms with Crippen molar-refractivity contribution in [2.24, 2.45) is 0 Å². The van der Waals surface area contributed by atoms with E-state index < -0.39 is 21.4 Å². The Labute approximate surface area is 140 Å². The van der Waals surface area contributed by atoms with E-state index in [1.807, 2.05) is 0 Å². The molecule has 0 radical (unpaired) electrons. The highest BCUT2D eigenvalue weighted by molar-refractivity contribution is 6.61. The molecule has 0 bridgehead atoms. The second kappa shape index (κ2) is 7.51. The Hall–Kier alpha value is -3.00. The Morgan fingerprint density at radius 2 is 1.42 bits per heavy atom. The molecule has 0 saturated heterocycles. The van der Waals surface area contributed by atoms with Crippen LogP contribution in [-0.2, 0) is 11.2 Å². The van der Waals surface area contributed by atoms with Crippen molar-refractivity contribution in [3.63, 3.8) is 0 Å². The lowest BCUT2D eigenvalue weighted by atomic mass is 10.0. The Bertz CT molecular complexity index is 761. The molecule has 0 saturated carbocycles. The molecule has 8 nitrogen and oxygen atoms in total. The molecule has 0 fully saturated rings. The maximum atomic E-state index is 11.1. The summed E-state index contributed by atoms with van der Waals surface area (Å²) in [5.41, 5.74) is 0.0418. The van der Waals surface area contributed by atoms with E-state index in [2.05, 4.69) is 0 Å². The van der Waals surface area contributed by atoms with Crippen LogP contribution in [0.2, 0.25) is 0 Å². The molecular formula is C15H11ClN2O6. The van der Waals surface area contributed by atoms with Crippen molar-refractivity contribution in [1.82, 2.24) is 0 Å². The van der Waals surface area contributed by atoms with Gasteiger partial charge in [0.15, 0.2) is 0 Å². The van der Waals surface area contributed by atoms with Crippen LogP contribution in [0.4, 0.5) is 16.2 Å². The lowest BCUT2D eigenvalue weighted by molar-refractivity contribution is -0.385. The molecule has 0 aromatic heterocycles. The van der Waals surface area contributed by atoms with E-state index in [1.165, 1.54) is 36.4 Å². The van der Waals surface area contributed by atoms with Gasteiger partial charge >= 0.3 is 5.43 Å². The van der Waals surface area contributed by atoms with Gasteiger partial charge in [0.05, 0.1) is 9.85 Å². The number of benzene rings is 2. The number of halogens is 1. The molecule has 0 spiro atoms. The lowest BCUT2D eigenvalue weighted by Gasteiger charge is -2.16. The van der Waals surface area contributed by atoms with Gasteiger partial charge in [-0.1, -0.05) is 12.1 Å². The van der Waals surface area contributed by atoms with Gasteiger partial charge in [-0.05, 0) is 23.3 Å². The van der Waals surface area contributed by atoms with E-state index in [9.17, 15) is 25.0 Å². The minimum absolute atomic E-state index is 0.0556. The van der Waals surface area contributed by atoms with Crippen molar-refractivity contribution in [1.29, 1.82) is 0 Å². The number of hydrogen-bond donors (Lipinski definition) is 0. The van der Waals surface area contributed by atoms with Crippen LogP contribution >= 0.6 is 11.6 Å². The van der Waals surface area contributed by atoms with E-state index in [-0.39, 0.29) is 17.8 Å². The molecule has 24 heavy (non-hydrogen) atoms. The zero-order chi connectivity index (χ0) is 17.7. The molecule has 0 aliphatic rings. The van der Waals surface area contributed by atoms with Crippen LogP contribution in [0.25, 0.3) is 0 Å². The van der Waals surface area contributed by atoms with Crippen LogP contribution < -0.4 is 0 Å². The van der Waals surface area contributed by atoms with Crippen molar-refractivity contribution < 1.29 is 19.4 Å². The van der Waals surface area contributed by atoms with Gasteiger partial charge in [-0.15, -0.1) is 0 Å². The fraction of sp³-hybridized carbons (Fsp3) is 0.133. The summed E-state index contributed by atoms with van der Waals surface area (Å²) in [5.74, 6) is 0. The van der Waals surface area contributed by atoms with E-state index in [4.69, 9.17) is 16.3 Å². The third-order valence-electron chi connectivity index (χ3n) is 3.28. The normalized spacial score (nSPS) is 11.5. The second-order valence-electron chi connectivity index (χ2n) is 4.82. The third kappa shape index (κ3) is 4.50. The number of hydrogen-bond acceptors (Lipinski definition) is 6. The SMILES string of the molecule is O=C(Cl)OC(Cc1ccc([N+](=O)[O-])cc1)c1ccc([N+](=O)[O-])cc1. The highest BCUT2D eigenvalue weighted by Crippen LogP contribution is 2.26. The van der Waals surface area contributed by atoms with Gasteiger partial charge in [0, 0.05) is 42.3 Å². The smallest absolute Gasteiger partial charge is 0.404 e. The minimum atomic E-state index is -1.01. The van der Waals surface area contributed by atoms with E-state index in [0.29, 0.717) is 11.1 Å². The summed E-state index contributed by atoms with van der Waals surface area (Å²) in [6.07, 6.45) is -0.550. The molecule has 0 amide bonds. The van der Waals surface area contributed by atoms with Crippen molar-refractivity contribution in [3.8, 4) is 0 Å². The number of carbonyl (C=O) groups is 1. The van der Waals surface area contributed by atoms with Crippen molar-refractivity contribution in [2.45, 2.75) is 12.5 Å². The molecule has 0 aliphatic heterocycles. The Kier molecular flexibility index (Phi) is 5.43. The molecule has 2 rings (SSSR count). The first kappa shape index (κ1) is 17.4. The van der Waals surface area contributed by atoms with Crippen LogP contribution in [0.5, 0.6) is 0 Å². The number of nitro benzene ring substituents is 2. The van der Waals surface area contributed by atoms with Gasteiger partial charge < -0.3 is 4.74 Å². The number of non-ortho nitro benzene ring substituents is 2. The highest BCUT2D eigenvalue weighted by atomic mass is 35.5. The molecule has 9 heteroatoms. The number of nitrogens with zero attached hydrogens (tertiary/aromatic N) is 2. The quantitative estimate of drug-likeness (QED) is 0.439. The first-order valence-corrected chi connectivity index (χ1v) is 7.08. The Morgan fingerprint density at radius 1 is 0.958 bits per heavy atom. The third-order valence-corrected chi connectivity index (χ3v) is 3.37. The zero-order valence-corrected chi connectivity index (χ0v) is 12.9. The van der Waals surface area contributed by atoms with Crippen LogP contribution in [0.3, 0.4) is 0 Å². The fourth-order valence-electron chi connectivity index (χ4n) is 2.12. The highest BCUT2D eigenvalue weighted by Gasteiger charge is 2.18. The summed E-state index contributed by atoms with van der Waals surface area (Å²) >= 11 is 5.28. The number of rotatable bonds is 6. The summed E-state index contributed by atoms with van der Waals surface area (Å²) < 4.78 is 5.04. The summed E-state index contributed by atoms with van der Waals surface area (Å²) in [5, 5.41) is 21.3. The number of ether oxygens (including phenoxy) is 1. The summed E-state index contributed by atoms with van der Waals surface area (Å²) in [7, 11) is 0. The van der Waals surface area contributed by atoms with Gasteiger partial charge in [0.25, 0.3) is 11.4 Å². The summed E-state index contributed by atoms with van der Waals surface area (Å²) in [4.78, 5) is 31.4. The summed E-state index contributed by atoms with van der Waals surface area (Å²) in [6.45, 7) is 0. The first-order valence-electron chi connectivity index (χ1n) is 6.70. The molecule has 0 N–H and O–H groups in total. The van der Waals surface area contributed by atoms with Gasteiger partial charge in [0.2, 0.25) is 0 Å². The summed E-state index contributed by atoms with van der Waals surface area (Å²) in [6, 6.07) is 11.3. The fourth-order valence-corrected chi connectivity index (χ4v) is 2.23. The molecule has 1 unspecified atom stereocenters. The molecular weight excluding hydrogens is 340 g/mol. The van der Waals surface area contributed by atoms with Crippen LogP contribution in [-0.4, -0.2) is 15.3 Å². The minimum Gasteiger partial charge on any atom is -0.445 e. The molecule has 2 aromatic rings. The van der Waals surface area contributed by atoms with Crippen molar-refractivity contribution in [3.05, 3.63) is 79.9 Å². The maximum Gasteiger partial charge on any atom is 0.404 e. The van der Waals surface area contributed by atoms with Gasteiger partial charge in [-0.3, -0.25) is 20.2 Å². The average Bonchev–Trinajstić information content (AvgIpc) is 2.54. The zero-order valence-electron chi connectivity index (χ0n) is 12.1. The number of carbonyl (C=O) groups excluding carboxylic acids is 1. The predicted molar refractivity (Wildman–Crippen MR) is 85.0 cm³/mol. The maximum absolute atomic E-state index is 11.1. The Balaban J connectivity index is 2.23. The van der Waals surface area contributed by atoms with Crippen LogP contribution in [0, 0.1) is 20.2 Å². The number of nitro groups is 2. The predicted octanol–water partition coefficient (Wildman–Crippen LogP) is 4.16. The lowest BCUT2D eigenvalue weighted by Crippen LogP contribution is -2.09. The molecule has 0 aliphatic carbocycles. The molecule has 1 atom stereocenters. The molecule has 0 heterocycles. The van der Waals surface area contributed by atoms with E-state index in [1.54, 1.807) is 12.1 Å². The van der Waals surface area contributed by atoms with E-state index >= 15 is 0 Å². The van der Waals surface area contributed by atoms with Gasteiger partial charge in [0.1, 0.15) is 6.10 Å². The van der Waals surface area contributed by atoms with Crippen LogP contribution in [0.15, 0.2) is 48.5 Å². The van der Waals surface area contributed by atoms with Crippen LogP contribution in [0.1, 0.15) is 17.2 Å². The van der Waals surface area contributed by atoms with Gasteiger partial charge in [-0.25, -0.2) is 4.79 Å². The van der Waals surface area contributed by atoms with Crippen molar-refractivity contribution in [2.75, 3.05) is 0 Å². The van der Waals surface area contributed by atoms with Crippen molar-refractivity contribution >= 4 is 28.4 Å². The Morgan fingerprint density at radius 3 is 1.83 bits per heavy atom. The molecule has 124 valence electrons. The average molecular weight is 351 g/mol. The first-order chi connectivity index (χ1) is 11.4. The monoisotopic (exact) mass is 350 g/mol. The molecule has 2 aromatic carbocycles. The van der Waals surface area contributed by atoms with Gasteiger partial charge in [-0.2, -0.15) is 0 Å². The van der Waals surface area contributed by atoms with E-state index in [0.717, 1.165) is 0 Å².